The summed E-state index contributed by atoms with van der Waals surface area (Å²) in [6.45, 7) is 0. The first-order valence-corrected chi connectivity index (χ1v) is 13.4. The Bertz CT molecular complexity index is 1990. The van der Waals surface area contributed by atoms with Gasteiger partial charge in [0.25, 0.3) is 0 Å². The second-order valence-electron chi connectivity index (χ2n) is 9.52. The van der Waals surface area contributed by atoms with Crippen LogP contribution >= 0.6 is 11.3 Å². The molecular weight excluding hydrogens is 466 g/mol. The molecule has 0 fully saturated rings. The van der Waals surface area contributed by atoms with E-state index in [-0.39, 0.29) is 0 Å². The predicted molar refractivity (Wildman–Crippen MR) is 158 cm³/mol. The van der Waals surface area contributed by atoms with Gasteiger partial charge >= 0.3 is 0 Å². The van der Waals surface area contributed by atoms with Crippen LogP contribution in [0.25, 0.3) is 75.8 Å². The van der Waals surface area contributed by atoms with Crippen LogP contribution in [0.2, 0.25) is 0 Å². The van der Waals surface area contributed by atoms with Gasteiger partial charge in [0.15, 0.2) is 0 Å². The molecule has 0 saturated heterocycles. The molecule has 0 spiro atoms. The van der Waals surface area contributed by atoms with Crippen LogP contribution in [-0.2, 0) is 0 Å². The zero-order valence-electron chi connectivity index (χ0n) is 20.0. The minimum Gasteiger partial charge on any atom is -0.263 e. The van der Waals surface area contributed by atoms with Crippen LogP contribution in [0.5, 0.6) is 0 Å². The first kappa shape index (κ1) is 20.6. The molecule has 5 aromatic carbocycles. The van der Waals surface area contributed by atoms with E-state index in [4.69, 9.17) is 0 Å². The number of nitrogens with zero attached hydrogens (tertiary/aromatic N) is 1. The molecule has 8 rings (SSSR count). The molecule has 0 saturated carbocycles. The van der Waals surface area contributed by atoms with Gasteiger partial charge in [-0.1, -0.05) is 109 Å². The number of pyridine rings is 1. The fourth-order valence-corrected chi connectivity index (χ4v) is 7.20. The molecule has 37 heavy (non-hydrogen) atoms. The minimum atomic E-state index is 1.23. The standard InChI is InChI=1S/C35H21NS/c1-2-10-23-22(9-1)24-11-3-4-12-26(24)29-15-7-16-30(34(29)28-14-6-5-13-25(23)28)32-18-8-17-31-27-19-20-36-21-33(27)37-35(31)32/h1-21H. The number of hydrogen-bond acceptors (Lipinski definition) is 2. The van der Waals surface area contributed by atoms with Crippen molar-refractivity contribution in [1.82, 2.24) is 4.98 Å². The molecule has 0 bridgehead atoms. The Morgan fingerprint density at radius 1 is 0.405 bits per heavy atom. The van der Waals surface area contributed by atoms with Crippen molar-refractivity contribution in [2.45, 2.75) is 0 Å². The predicted octanol–water partition coefficient (Wildman–Crippen LogP) is 10.1. The van der Waals surface area contributed by atoms with Crippen molar-refractivity contribution >= 4 is 31.5 Å². The van der Waals surface area contributed by atoms with Crippen molar-refractivity contribution in [3.8, 4) is 55.6 Å². The number of thiophene rings is 1. The average molecular weight is 488 g/mol. The van der Waals surface area contributed by atoms with E-state index in [0.29, 0.717) is 0 Å². The smallest absolute Gasteiger partial charge is 0.0538 e. The molecule has 2 heteroatoms. The summed E-state index contributed by atoms with van der Waals surface area (Å²) >= 11 is 1.84. The third kappa shape index (κ3) is 3.00. The summed E-state index contributed by atoms with van der Waals surface area (Å²) in [6.07, 6.45) is 3.88. The highest BCUT2D eigenvalue weighted by atomic mass is 32.1. The number of aromatic nitrogens is 1. The van der Waals surface area contributed by atoms with Gasteiger partial charge in [0, 0.05) is 33.4 Å². The second-order valence-corrected chi connectivity index (χ2v) is 10.6. The lowest BCUT2D eigenvalue weighted by Gasteiger charge is -2.25. The van der Waals surface area contributed by atoms with Gasteiger partial charge in [-0.05, 0) is 56.1 Å². The third-order valence-corrected chi connectivity index (χ3v) is 8.77. The van der Waals surface area contributed by atoms with E-state index in [1.807, 2.05) is 23.7 Å². The van der Waals surface area contributed by atoms with Crippen molar-refractivity contribution < 1.29 is 0 Å². The van der Waals surface area contributed by atoms with Crippen molar-refractivity contribution in [1.29, 1.82) is 0 Å². The highest BCUT2D eigenvalue weighted by Crippen LogP contribution is 2.51. The maximum absolute atomic E-state index is 4.39. The lowest BCUT2D eigenvalue weighted by atomic mass is 9.78. The molecule has 2 aromatic heterocycles. The minimum absolute atomic E-state index is 1.23. The van der Waals surface area contributed by atoms with Crippen LogP contribution < -0.4 is 0 Å². The molecule has 0 amide bonds. The van der Waals surface area contributed by atoms with Gasteiger partial charge < -0.3 is 0 Å². The van der Waals surface area contributed by atoms with Gasteiger partial charge in [0.1, 0.15) is 0 Å². The van der Waals surface area contributed by atoms with Crippen molar-refractivity contribution in [3.05, 3.63) is 128 Å². The molecule has 0 atom stereocenters. The summed E-state index contributed by atoms with van der Waals surface area (Å²) in [7, 11) is 0. The summed E-state index contributed by atoms with van der Waals surface area (Å²) in [5.74, 6) is 0. The summed E-state index contributed by atoms with van der Waals surface area (Å²) in [4.78, 5) is 4.39. The lowest BCUT2D eigenvalue weighted by Crippen LogP contribution is -1.98. The van der Waals surface area contributed by atoms with E-state index in [1.165, 1.54) is 75.8 Å². The molecule has 1 nitrogen and oxygen atoms in total. The van der Waals surface area contributed by atoms with Gasteiger partial charge in [-0.2, -0.15) is 0 Å². The van der Waals surface area contributed by atoms with Gasteiger partial charge in [-0.25, -0.2) is 0 Å². The Kier molecular flexibility index (Phi) is 4.46. The van der Waals surface area contributed by atoms with Crippen LogP contribution in [0, 0.1) is 0 Å². The van der Waals surface area contributed by atoms with Gasteiger partial charge in [0.2, 0.25) is 0 Å². The van der Waals surface area contributed by atoms with E-state index >= 15 is 0 Å². The molecule has 0 unspecified atom stereocenters. The molecular formula is C35H21NS. The van der Waals surface area contributed by atoms with Crippen molar-refractivity contribution in [2.24, 2.45) is 0 Å². The van der Waals surface area contributed by atoms with E-state index in [0.717, 1.165) is 0 Å². The van der Waals surface area contributed by atoms with Crippen LogP contribution in [-0.4, -0.2) is 4.98 Å². The quantitative estimate of drug-likeness (QED) is 0.224. The molecule has 7 aromatic rings. The lowest BCUT2D eigenvalue weighted by molar-refractivity contribution is 1.37. The Morgan fingerprint density at radius 2 is 0.892 bits per heavy atom. The SMILES string of the molecule is c1ccc2c(c1)-c1ccccc1-c1cccc(-c3cccc4c3sc3cnccc34)c1-c1ccccc1-2. The normalized spacial score (nSPS) is 11.8. The Morgan fingerprint density at radius 3 is 1.57 bits per heavy atom. The van der Waals surface area contributed by atoms with Crippen molar-refractivity contribution in [3.63, 3.8) is 0 Å². The summed E-state index contributed by atoms with van der Waals surface area (Å²) < 4.78 is 2.54. The fourth-order valence-electron chi connectivity index (χ4n) is 6.00. The summed E-state index contributed by atoms with van der Waals surface area (Å²) in [6, 6.07) is 42.2. The second kappa shape index (κ2) is 7.99. The maximum atomic E-state index is 4.39. The van der Waals surface area contributed by atoms with Crippen molar-refractivity contribution in [2.75, 3.05) is 0 Å². The molecule has 1 aliphatic rings. The molecule has 0 N–H and O–H groups in total. The van der Waals surface area contributed by atoms with E-state index < -0.39 is 0 Å². The molecule has 1 aliphatic carbocycles. The van der Waals surface area contributed by atoms with E-state index in [2.05, 4.69) is 120 Å². The number of fused-ring (bicyclic) bond motifs is 11. The zero-order chi connectivity index (χ0) is 24.3. The van der Waals surface area contributed by atoms with Gasteiger partial charge in [-0.15, -0.1) is 11.3 Å². The molecule has 0 radical (unpaired) electrons. The van der Waals surface area contributed by atoms with Crippen LogP contribution in [0.1, 0.15) is 0 Å². The Hall–Kier alpha value is -4.53. The zero-order valence-corrected chi connectivity index (χ0v) is 20.8. The van der Waals surface area contributed by atoms with Gasteiger partial charge in [0.05, 0.1) is 4.70 Å². The van der Waals surface area contributed by atoms with Crippen LogP contribution in [0.4, 0.5) is 0 Å². The fraction of sp³-hybridized carbons (Fsp3) is 0. The van der Waals surface area contributed by atoms with Crippen LogP contribution in [0.3, 0.4) is 0 Å². The van der Waals surface area contributed by atoms with E-state index in [1.54, 1.807) is 0 Å². The largest absolute Gasteiger partial charge is 0.263 e. The third-order valence-electron chi connectivity index (χ3n) is 7.58. The Balaban J connectivity index is 1.54. The summed E-state index contributed by atoms with van der Waals surface area (Å²) in [5.41, 5.74) is 12.8. The number of hydrogen-bond donors (Lipinski definition) is 0. The number of benzene rings is 5. The topological polar surface area (TPSA) is 12.9 Å². The van der Waals surface area contributed by atoms with Gasteiger partial charge in [-0.3, -0.25) is 4.98 Å². The molecule has 0 aliphatic heterocycles. The highest BCUT2D eigenvalue weighted by Gasteiger charge is 2.24. The van der Waals surface area contributed by atoms with E-state index in [9.17, 15) is 0 Å². The number of rotatable bonds is 1. The Labute approximate surface area is 219 Å². The maximum Gasteiger partial charge on any atom is 0.0538 e. The first-order valence-electron chi connectivity index (χ1n) is 12.6. The average Bonchev–Trinajstić information content (AvgIpc) is 3.35. The first-order chi connectivity index (χ1) is 18.4. The van der Waals surface area contributed by atoms with Crippen LogP contribution in [0.15, 0.2) is 128 Å². The molecule has 2 heterocycles. The molecule has 172 valence electrons. The monoisotopic (exact) mass is 487 g/mol. The summed E-state index contributed by atoms with van der Waals surface area (Å²) in [5, 5.41) is 2.57. The highest BCUT2D eigenvalue weighted by molar-refractivity contribution is 7.26.